The lowest BCUT2D eigenvalue weighted by Gasteiger charge is -2.23. The van der Waals surface area contributed by atoms with E-state index < -0.39 is 48.2 Å². The number of carboxylic acids is 1. The van der Waals surface area contributed by atoms with E-state index in [1.807, 2.05) is 0 Å². The molecule has 2 aromatic carbocycles. The molecule has 0 aromatic heterocycles. The van der Waals surface area contributed by atoms with Crippen LogP contribution in [0.3, 0.4) is 0 Å². The van der Waals surface area contributed by atoms with Gasteiger partial charge in [0.2, 0.25) is 0 Å². The zero-order valence-corrected chi connectivity index (χ0v) is 21.4. The van der Waals surface area contributed by atoms with E-state index in [0.29, 0.717) is 18.2 Å². The molecule has 0 bridgehead atoms. The summed E-state index contributed by atoms with van der Waals surface area (Å²) in [5.74, 6) is -4.52. The van der Waals surface area contributed by atoms with Crippen LogP contribution in [0.2, 0.25) is 0 Å². The van der Waals surface area contributed by atoms with Gasteiger partial charge in [0.05, 0.1) is 18.7 Å². The molecule has 1 atom stereocenters. The van der Waals surface area contributed by atoms with E-state index in [1.54, 1.807) is 31.2 Å². The Morgan fingerprint density at radius 3 is 2.21 bits per heavy atom. The van der Waals surface area contributed by atoms with Crippen molar-refractivity contribution in [1.29, 1.82) is 0 Å². The van der Waals surface area contributed by atoms with Gasteiger partial charge in [-0.1, -0.05) is 24.3 Å². The van der Waals surface area contributed by atoms with E-state index in [4.69, 9.17) is 18.9 Å². The fourth-order valence-corrected chi connectivity index (χ4v) is 3.30. The average Bonchev–Trinajstić information content (AvgIpc) is 2.85. The summed E-state index contributed by atoms with van der Waals surface area (Å²) in [5.41, 5.74) is -0.465. The molecular weight excluding hydrogens is 533 g/mol. The number of alkyl halides is 5. The smallest absolute Gasteiger partial charge is 0.419 e. The average molecular weight is 564 g/mol. The fraction of sp³-hybridized carbons (Fsp3) is 0.462. The highest BCUT2D eigenvalue weighted by atomic mass is 19.4. The standard InChI is InChI=1S/C26H30F5NO7/c1-3-37-22(23(33)34)16-18-8-10-19(11-9-18)38-15-13-32(12-14-36-17-25(2,27)28)24(35)39-21-7-5-4-6-20(21)26(29,30)31/h4-11,22H,3,12-17H2,1-2H3,(H,33,34). The van der Waals surface area contributed by atoms with Crippen LogP contribution in [0, 0.1) is 0 Å². The number of carbonyl (C=O) groups excluding carboxylic acids is 1. The van der Waals surface area contributed by atoms with Crippen LogP contribution in [0.5, 0.6) is 11.5 Å². The van der Waals surface area contributed by atoms with Gasteiger partial charge in [-0.05, 0) is 36.8 Å². The first kappa shape index (κ1) is 31.8. The first-order valence-corrected chi connectivity index (χ1v) is 11.9. The van der Waals surface area contributed by atoms with Gasteiger partial charge >= 0.3 is 18.2 Å². The Labute approximate surface area is 222 Å². The highest BCUT2D eigenvalue weighted by molar-refractivity contribution is 5.72. The Bertz CT molecular complexity index is 1060. The summed E-state index contributed by atoms with van der Waals surface area (Å²) in [6, 6.07) is 10.6. The zero-order valence-electron chi connectivity index (χ0n) is 21.4. The Morgan fingerprint density at radius 2 is 1.62 bits per heavy atom. The molecule has 2 aromatic rings. The van der Waals surface area contributed by atoms with E-state index in [0.717, 1.165) is 23.1 Å². The monoisotopic (exact) mass is 563 g/mol. The second-order valence-electron chi connectivity index (χ2n) is 8.45. The highest BCUT2D eigenvalue weighted by Gasteiger charge is 2.35. The van der Waals surface area contributed by atoms with Crippen LogP contribution in [-0.4, -0.2) is 73.6 Å². The van der Waals surface area contributed by atoms with Crippen LogP contribution in [0.15, 0.2) is 48.5 Å². The molecule has 216 valence electrons. The van der Waals surface area contributed by atoms with Gasteiger partial charge < -0.3 is 29.0 Å². The third kappa shape index (κ3) is 11.4. The number of carbonyl (C=O) groups is 2. The van der Waals surface area contributed by atoms with Crippen molar-refractivity contribution in [2.75, 3.05) is 39.5 Å². The van der Waals surface area contributed by atoms with Crippen molar-refractivity contribution in [3.05, 3.63) is 59.7 Å². The lowest BCUT2D eigenvalue weighted by Crippen LogP contribution is -2.39. The van der Waals surface area contributed by atoms with Crippen LogP contribution in [0.4, 0.5) is 26.7 Å². The lowest BCUT2D eigenvalue weighted by atomic mass is 10.1. The second kappa shape index (κ2) is 14.6. The summed E-state index contributed by atoms with van der Waals surface area (Å²) in [6.45, 7) is 0.837. The summed E-state index contributed by atoms with van der Waals surface area (Å²) in [4.78, 5) is 24.9. The maximum atomic E-state index is 13.3. The molecule has 0 heterocycles. The maximum Gasteiger partial charge on any atom is 0.419 e. The molecule has 0 fully saturated rings. The minimum absolute atomic E-state index is 0.115. The maximum absolute atomic E-state index is 13.3. The van der Waals surface area contributed by atoms with Gasteiger partial charge in [0.25, 0.3) is 5.92 Å². The quantitative estimate of drug-likeness (QED) is 0.233. The number of nitrogens with zero attached hydrogens (tertiary/aromatic N) is 1. The summed E-state index contributed by atoms with van der Waals surface area (Å²) in [6.07, 6.45) is -6.77. The minimum atomic E-state index is -4.76. The molecule has 13 heteroatoms. The Balaban J connectivity index is 2.02. The van der Waals surface area contributed by atoms with Crippen LogP contribution >= 0.6 is 0 Å². The number of para-hydroxylation sites is 1. The van der Waals surface area contributed by atoms with Gasteiger partial charge in [0, 0.05) is 26.5 Å². The van der Waals surface area contributed by atoms with E-state index in [9.17, 15) is 36.6 Å². The molecule has 39 heavy (non-hydrogen) atoms. The predicted octanol–water partition coefficient (Wildman–Crippen LogP) is 5.29. The van der Waals surface area contributed by atoms with Crippen LogP contribution < -0.4 is 9.47 Å². The van der Waals surface area contributed by atoms with Gasteiger partial charge in [-0.25, -0.2) is 18.4 Å². The first-order valence-electron chi connectivity index (χ1n) is 11.9. The third-order valence-electron chi connectivity index (χ3n) is 5.13. The van der Waals surface area contributed by atoms with Gasteiger partial charge in [0.15, 0.2) is 6.10 Å². The molecule has 2 rings (SSSR count). The third-order valence-corrected chi connectivity index (χ3v) is 5.13. The minimum Gasteiger partial charge on any atom is -0.492 e. The molecule has 0 aliphatic rings. The number of hydrogen-bond donors (Lipinski definition) is 1. The molecule has 0 saturated carbocycles. The molecule has 1 N–H and O–H groups in total. The van der Waals surface area contributed by atoms with Crippen LogP contribution in [0.25, 0.3) is 0 Å². The Morgan fingerprint density at radius 1 is 0.974 bits per heavy atom. The van der Waals surface area contributed by atoms with Gasteiger partial charge in [0.1, 0.15) is 24.7 Å². The number of benzene rings is 2. The van der Waals surface area contributed by atoms with Gasteiger partial charge in [-0.3, -0.25) is 0 Å². The lowest BCUT2D eigenvalue weighted by molar-refractivity contribution is -0.150. The Kier molecular flexibility index (Phi) is 11.9. The Hall–Kier alpha value is -3.45. The molecule has 0 saturated heterocycles. The van der Waals surface area contributed by atoms with Crippen molar-refractivity contribution in [1.82, 2.24) is 4.90 Å². The molecule has 1 unspecified atom stereocenters. The molecule has 8 nitrogen and oxygen atoms in total. The van der Waals surface area contributed by atoms with Crippen molar-refractivity contribution in [2.24, 2.45) is 0 Å². The largest absolute Gasteiger partial charge is 0.492 e. The second-order valence-corrected chi connectivity index (χ2v) is 8.45. The van der Waals surface area contributed by atoms with Crippen molar-refractivity contribution >= 4 is 12.1 Å². The van der Waals surface area contributed by atoms with Crippen LogP contribution in [0.1, 0.15) is 25.0 Å². The molecule has 0 radical (unpaired) electrons. The summed E-state index contributed by atoms with van der Waals surface area (Å²) >= 11 is 0. The SMILES string of the molecule is CCOC(Cc1ccc(OCCN(CCOCC(C)(F)F)C(=O)Oc2ccccc2C(F)(F)F)cc1)C(=O)O. The fourth-order valence-electron chi connectivity index (χ4n) is 3.30. The van der Waals surface area contributed by atoms with E-state index in [-0.39, 0.29) is 39.3 Å². The number of carboxylic acid groups (broad SMARTS) is 1. The highest BCUT2D eigenvalue weighted by Crippen LogP contribution is 2.36. The van der Waals surface area contributed by atoms with E-state index in [2.05, 4.69) is 0 Å². The topological polar surface area (TPSA) is 94.5 Å². The summed E-state index contributed by atoms with van der Waals surface area (Å²) in [5, 5.41) is 9.20. The van der Waals surface area contributed by atoms with Crippen LogP contribution in [-0.2, 0) is 26.9 Å². The van der Waals surface area contributed by atoms with Crippen molar-refractivity contribution < 1.29 is 55.6 Å². The number of rotatable bonds is 15. The summed E-state index contributed by atoms with van der Waals surface area (Å²) in [7, 11) is 0. The molecule has 0 aliphatic heterocycles. The van der Waals surface area contributed by atoms with Crippen molar-refractivity contribution in [3.63, 3.8) is 0 Å². The molecular formula is C26H30F5NO7. The number of aliphatic carboxylic acids is 1. The number of hydrogen-bond acceptors (Lipinski definition) is 6. The molecule has 0 aliphatic carbocycles. The van der Waals surface area contributed by atoms with Gasteiger partial charge in [-0.15, -0.1) is 0 Å². The predicted molar refractivity (Wildman–Crippen MR) is 129 cm³/mol. The molecule has 1 amide bonds. The van der Waals surface area contributed by atoms with Gasteiger partial charge in [-0.2, -0.15) is 13.2 Å². The zero-order chi connectivity index (χ0) is 29.1. The normalized spacial score (nSPS) is 12.6. The first-order chi connectivity index (χ1) is 18.3. The van der Waals surface area contributed by atoms with E-state index in [1.165, 1.54) is 6.07 Å². The number of halogens is 5. The van der Waals surface area contributed by atoms with Crippen molar-refractivity contribution in [2.45, 2.75) is 38.5 Å². The molecule has 0 spiro atoms. The summed E-state index contributed by atoms with van der Waals surface area (Å²) < 4.78 is 86.5. The van der Waals surface area contributed by atoms with Crippen molar-refractivity contribution in [3.8, 4) is 11.5 Å². The number of amides is 1. The number of ether oxygens (including phenoxy) is 4. The van der Waals surface area contributed by atoms with E-state index >= 15 is 0 Å².